The Balaban J connectivity index is 2.17. The van der Waals surface area contributed by atoms with Gasteiger partial charge >= 0.3 is 0 Å². The highest BCUT2D eigenvalue weighted by Crippen LogP contribution is 2.24. The van der Waals surface area contributed by atoms with Crippen molar-refractivity contribution in [3.8, 4) is 11.1 Å². The van der Waals surface area contributed by atoms with E-state index in [-0.39, 0.29) is 0 Å². The maximum atomic E-state index is 4.29. The van der Waals surface area contributed by atoms with Gasteiger partial charge in [0.25, 0.3) is 0 Å². The van der Waals surface area contributed by atoms with Gasteiger partial charge in [0.15, 0.2) is 0 Å². The minimum Gasteiger partial charge on any atom is -0.373 e. The zero-order valence-electron chi connectivity index (χ0n) is 9.44. The monoisotopic (exact) mass is 224 g/mol. The fourth-order valence-corrected chi connectivity index (χ4v) is 1.87. The summed E-state index contributed by atoms with van der Waals surface area (Å²) in [6.07, 6.45) is 5.59. The lowest BCUT2D eigenvalue weighted by Gasteiger charge is -2.04. The van der Waals surface area contributed by atoms with Crippen LogP contribution in [0, 0.1) is 0 Å². The molecule has 0 saturated heterocycles. The first-order valence-corrected chi connectivity index (χ1v) is 5.43. The molecule has 0 amide bonds. The summed E-state index contributed by atoms with van der Waals surface area (Å²) < 4.78 is 0. The van der Waals surface area contributed by atoms with E-state index >= 15 is 0 Å². The van der Waals surface area contributed by atoms with Gasteiger partial charge in [-0.05, 0) is 23.1 Å². The van der Waals surface area contributed by atoms with Gasteiger partial charge in [0.05, 0.1) is 6.20 Å². The first-order chi connectivity index (χ1) is 8.36. The van der Waals surface area contributed by atoms with Crippen LogP contribution in [0.5, 0.6) is 0 Å². The van der Waals surface area contributed by atoms with E-state index in [2.05, 4.69) is 38.7 Å². The molecule has 0 saturated carbocycles. The predicted molar refractivity (Wildman–Crippen MR) is 68.9 cm³/mol. The second-order valence-electron chi connectivity index (χ2n) is 3.87. The van der Waals surface area contributed by atoms with E-state index in [4.69, 9.17) is 0 Å². The van der Waals surface area contributed by atoms with Crippen LogP contribution in [0.2, 0.25) is 0 Å². The minimum atomic E-state index is 0.877. The fourth-order valence-electron chi connectivity index (χ4n) is 1.87. The molecule has 1 aromatic carbocycles. The van der Waals surface area contributed by atoms with Crippen LogP contribution in [-0.4, -0.2) is 22.2 Å². The predicted octanol–water partition coefficient (Wildman–Crippen LogP) is 2.67. The molecule has 0 radical (unpaired) electrons. The molecule has 4 nitrogen and oxygen atoms in total. The van der Waals surface area contributed by atoms with Gasteiger partial charge in [-0.2, -0.15) is 5.10 Å². The molecule has 0 spiro atoms. The van der Waals surface area contributed by atoms with Crippen molar-refractivity contribution in [2.24, 2.45) is 0 Å². The maximum absolute atomic E-state index is 4.29. The first kappa shape index (κ1) is 9.84. The van der Waals surface area contributed by atoms with Crippen LogP contribution in [-0.2, 0) is 0 Å². The molecule has 4 heteroatoms. The van der Waals surface area contributed by atoms with E-state index in [0.29, 0.717) is 0 Å². The van der Waals surface area contributed by atoms with Crippen molar-refractivity contribution in [3.05, 3.63) is 42.9 Å². The third-order valence-electron chi connectivity index (χ3n) is 2.81. The standard InChI is InChI=1S/C13H12N4/c1-14-13-5-11-4-9(12-7-16-17-8-12)2-3-10(11)6-15-13/h2-8H,1H3,(H,14,15)(H,16,17). The highest BCUT2D eigenvalue weighted by Gasteiger charge is 2.01. The summed E-state index contributed by atoms with van der Waals surface area (Å²) in [5, 5.41) is 12.1. The van der Waals surface area contributed by atoms with Crippen LogP contribution in [0.3, 0.4) is 0 Å². The largest absolute Gasteiger partial charge is 0.373 e. The molecular formula is C13H12N4. The van der Waals surface area contributed by atoms with Crippen LogP contribution < -0.4 is 5.32 Å². The summed E-state index contributed by atoms with van der Waals surface area (Å²) >= 11 is 0. The Labute approximate surface area is 98.7 Å². The van der Waals surface area contributed by atoms with E-state index in [1.807, 2.05) is 31.7 Å². The van der Waals surface area contributed by atoms with Crippen LogP contribution >= 0.6 is 0 Å². The zero-order chi connectivity index (χ0) is 11.7. The normalized spacial score (nSPS) is 10.6. The summed E-state index contributed by atoms with van der Waals surface area (Å²) in [5.74, 6) is 0.877. The Bertz CT molecular complexity index is 644. The third-order valence-corrected chi connectivity index (χ3v) is 2.81. The number of hydrogen-bond donors (Lipinski definition) is 2. The van der Waals surface area contributed by atoms with Gasteiger partial charge in [-0.15, -0.1) is 0 Å². The molecule has 84 valence electrons. The molecule has 17 heavy (non-hydrogen) atoms. The summed E-state index contributed by atoms with van der Waals surface area (Å²) in [7, 11) is 1.87. The number of anilines is 1. The highest BCUT2D eigenvalue weighted by molar-refractivity contribution is 5.88. The quantitative estimate of drug-likeness (QED) is 0.703. The molecule has 0 bridgehead atoms. The number of aromatic amines is 1. The summed E-state index contributed by atoms with van der Waals surface area (Å²) in [5.41, 5.74) is 2.24. The van der Waals surface area contributed by atoms with Crippen LogP contribution in [0.4, 0.5) is 5.82 Å². The van der Waals surface area contributed by atoms with Gasteiger partial charge in [-0.1, -0.05) is 12.1 Å². The second kappa shape index (κ2) is 3.90. The van der Waals surface area contributed by atoms with Crippen molar-refractivity contribution < 1.29 is 0 Å². The SMILES string of the molecule is CNc1cc2cc(-c3cn[nH]c3)ccc2cn1. The van der Waals surface area contributed by atoms with Crippen molar-refractivity contribution in [2.45, 2.75) is 0 Å². The summed E-state index contributed by atoms with van der Waals surface area (Å²) in [6.45, 7) is 0. The van der Waals surface area contributed by atoms with E-state index in [0.717, 1.165) is 22.3 Å². The molecule has 3 aromatic rings. The topological polar surface area (TPSA) is 53.6 Å². The number of fused-ring (bicyclic) bond motifs is 1. The molecule has 2 heterocycles. The van der Waals surface area contributed by atoms with Gasteiger partial charge in [-0.25, -0.2) is 4.98 Å². The third kappa shape index (κ3) is 1.73. The van der Waals surface area contributed by atoms with Gasteiger partial charge in [0.1, 0.15) is 5.82 Å². The lowest BCUT2D eigenvalue weighted by molar-refractivity contribution is 1.09. The Hall–Kier alpha value is -2.36. The number of pyridine rings is 1. The summed E-state index contributed by atoms with van der Waals surface area (Å²) in [4.78, 5) is 4.29. The highest BCUT2D eigenvalue weighted by atomic mass is 15.1. The van der Waals surface area contributed by atoms with Crippen LogP contribution in [0.25, 0.3) is 21.9 Å². The molecule has 0 unspecified atom stereocenters. The molecule has 0 aliphatic rings. The number of rotatable bonds is 2. The van der Waals surface area contributed by atoms with Crippen LogP contribution in [0.15, 0.2) is 42.9 Å². The van der Waals surface area contributed by atoms with Crippen molar-refractivity contribution in [3.63, 3.8) is 0 Å². The average Bonchev–Trinajstić information content (AvgIpc) is 2.91. The maximum Gasteiger partial charge on any atom is 0.126 e. The van der Waals surface area contributed by atoms with E-state index < -0.39 is 0 Å². The summed E-state index contributed by atoms with van der Waals surface area (Å²) in [6, 6.07) is 8.33. The zero-order valence-corrected chi connectivity index (χ0v) is 9.44. The van der Waals surface area contributed by atoms with Crippen molar-refractivity contribution in [2.75, 3.05) is 12.4 Å². The Morgan fingerprint density at radius 3 is 2.76 bits per heavy atom. The minimum absolute atomic E-state index is 0.877. The lowest BCUT2D eigenvalue weighted by atomic mass is 10.1. The molecule has 3 rings (SSSR count). The van der Waals surface area contributed by atoms with Gasteiger partial charge in [0, 0.05) is 30.4 Å². The number of H-pyrrole nitrogens is 1. The first-order valence-electron chi connectivity index (χ1n) is 5.43. The fraction of sp³-hybridized carbons (Fsp3) is 0.0769. The molecule has 2 N–H and O–H groups in total. The van der Waals surface area contributed by atoms with Gasteiger partial charge < -0.3 is 5.32 Å². The van der Waals surface area contributed by atoms with Crippen molar-refractivity contribution >= 4 is 16.6 Å². The number of benzene rings is 1. The average molecular weight is 224 g/mol. The smallest absolute Gasteiger partial charge is 0.126 e. The Kier molecular flexibility index (Phi) is 2.26. The number of aromatic nitrogens is 3. The Morgan fingerprint density at radius 1 is 1.06 bits per heavy atom. The molecular weight excluding hydrogens is 212 g/mol. The van der Waals surface area contributed by atoms with E-state index in [1.165, 1.54) is 5.39 Å². The van der Waals surface area contributed by atoms with Crippen molar-refractivity contribution in [1.82, 2.24) is 15.2 Å². The van der Waals surface area contributed by atoms with Crippen LogP contribution in [0.1, 0.15) is 0 Å². The number of nitrogens with one attached hydrogen (secondary N) is 2. The van der Waals surface area contributed by atoms with Crippen molar-refractivity contribution in [1.29, 1.82) is 0 Å². The molecule has 0 aliphatic carbocycles. The molecule has 0 atom stereocenters. The van der Waals surface area contributed by atoms with E-state index in [1.54, 1.807) is 0 Å². The number of nitrogens with zero attached hydrogens (tertiary/aromatic N) is 2. The molecule has 0 aliphatic heterocycles. The molecule has 0 fully saturated rings. The van der Waals surface area contributed by atoms with E-state index in [9.17, 15) is 0 Å². The van der Waals surface area contributed by atoms with Gasteiger partial charge in [-0.3, -0.25) is 5.10 Å². The number of hydrogen-bond acceptors (Lipinski definition) is 3. The van der Waals surface area contributed by atoms with Gasteiger partial charge in [0.2, 0.25) is 0 Å². The molecule has 2 aromatic heterocycles. The lowest BCUT2D eigenvalue weighted by Crippen LogP contribution is -1.91. The Morgan fingerprint density at radius 2 is 2.00 bits per heavy atom. The second-order valence-corrected chi connectivity index (χ2v) is 3.87.